The van der Waals surface area contributed by atoms with E-state index in [-0.39, 0.29) is 6.42 Å². The summed E-state index contributed by atoms with van der Waals surface area (Å²) in [7, 11) is 0. The van der Waals surface area contributed by atoms with Crippen LogP contribution in [-0.2, 0) is 4.79 Å². The molecule has 0 amide bonds. The van der Waals surface area contributed by atoms with Crippen LogP contribution in [0, 0.1) is 0 Å². The van der Waals surface area contributed by atoms with E-state index in [2.05, 4.69) is 6.92 Å². The Morgan fingerprint density at radius 3 is 2.55 bits per heavy atom. The van der Waals surface area contributed by atoms with Gasteiger partial charge in [0.05, 0.1) is 0 Å². The Kier molecular flexibility index (Phi) is 4.08. The Hall–Kier alpha value is -0.330. The van der Waals surface area contributed by atoms with E-state index in [1.807, 2.05) is 0 Å². The number of aldehydes is 1. The number of carbonyl (C=O) groups excluding carboxylic acids is 1. The van der Waals surface area contributed by atoms with Crippen molar-refractivity contribution in [3.63, 3.8) is 0 Å². The van der Waals surface area contributed by atoms with Crippen molar-refractivity contribution in [2.45, 2.75) is 58.2 Å². The van der Waals surface area contributed by atoms with Crippen molar-refractivity contribution in [1.29, 1.82) is 0 Å². The van der Waals surface area contributed by atoms with E-state index in [0.29, 0.717) is 6.42 Å². The SMILES string of the molecule is [2H]C(=O)C([2H])([2H])C([2H])([2H])CCCCCCC. The summed E-state index contributed by atoms with van der Waals surface area (Å²) in [5.74, 6) is 0. The molecule has 0 saturated carbocycles. The van der Waals surface area contributed by atoms with Crippen LogP contribution >= 0.6 is 0 Å². The van der Waals surface area contributed by atoms with Crippen LogP contribution in [-0.4, -0.2) is 6.26 Å². The molecular formula is C10H20O. The average Bonchev–Trinajstić information content (AvgIpc) is 2.16. The summed E-state index contributed by atoms with van der Waals surface area (Å²) in [6, 6.07) is 0. The van der Waals surface area contributed by atoms with E-state index in [1.54, 1.807) is 0 Å². The molecule has 66 valence electrons. The fourth-order valence-corrected chi connectivity index (χ4v) is 0.916. The number of carbonyl (C=O) groups is 1. The number of hydrogen-bond donors (Lipinski definition) is 0. The fraction of sp³-hybridized carbons (Fsp3) is 0.900. The minimum atomic E-state index is -2.70. The molecule has 0 N–H and O–H groups in total. The summed E-state index contributed by atoms with van der Waals surface area (Å²) in [5.41, 5.74) is 0. The van der Waals surface area contributed by atoms with Crippen LogP contribution in [0.3, 0.4) is 0 Å². The zero-order valence-corrected chi connectivity index (χ0v) is 7.15. The van der Waals surface area contributed by atoms with Gasteiger partial charge in [0.15, 0.2) is 0 Å². The van der Waals surface area contributed by atoms with E-state index < -0.39 is 19.0 Å². The molecule has 0 aromatic carbocycles. The highest BCUT2D eigenvalue weighted by molar-refractivity contribution is 5.48. The Balaban J connectivity index is 4.09. The standard InChI is InChI=1S/C10H20O/c1-2-3-4-5-6-7-8-9-10-11/h10H,2-9H2,1H3/i8D2,9D2,10D. The zero-order valence-electron chi connectivity index (χ0n) is 12.2. The summed E-state index contributed by atoms with van der Waals surface area (Å²) >= 11 is 0. The van der Waals surface area contributed by atoms with Crippen molar-refractivity contribution >= 4 is 6.26 Å². The third-order valence-electron chi connectivity index (χ3n) is 1.54. The van der Waals surface area contributed by atoms with Crippen molar-refractivity contribution in [3.8, 4) is 0 Å². The molecule has 11 heavy (non-hydrogen) atoms. The van der Waals surface area contributed by atoms with Crippen molar-refractivity contribution in [1.82, 2.24) is 0 Å². The number of rotatable bonds is 8. The Bertz CT molecular complexity index is 227. The van der Waals surface area contributed by atoms with E-state index in [9.17, 15) is 4.79 Å². The second-order valence-corrected chi connectivity index (χ2v) is 2.57. The van der Waals surface area contributed by atoms with Gasteiger partial charge in [0.25, 0.3) is 0 Å². The largest absolute Gasteiger partial charge is 0.303 e. The molecule has 0 atom stereocenters. The maximum Gasteiger partial charge on any atom is 0.119 e. The summed E-state index contributed by atoms with van der Waals surface area (Å²) in [6.07, 6.45) is -1.83. The van der Waals surface area contributed by atoms with Gasteiger partial charge in [-0.15, -0.1) is 0 Å². The highest BCUT2D eigenvalue weighted by Gasteiger charge is 1.89. The maximum atomic E-state index is 10.7. The maximum absolute atomic E-state index is 10.7. The second-order valence-electron chi connectivity index (χ2n) is 2.57. The molecule has 0 aromatic rings. The van der Waals surface area contributed by atoms with E-state index in [1.165, 1.54) is 0 Å². The van der Waals surface area contributed by atoms with Crippen molar-refractivity contribution in [2.75, 3.05) is 0 Å². The lowest BCUT2D eigenvalue weighted by molar-refractivity contribution is -0.107. The Labute approximate surface area is 77.2 Å². The van der Waals surface area contributed by atoms with Crippen LogP contribution in [0.15, 0.2) is 0 Å². The highest BCUT2D eigenvalue weighted by Crippen LogP contribution is 2.07. The van der Waals surface area contributed by atoms with Gasteiger partial charge in [-0.3, -0.25) is 0 Å². The number of hydrogen-bond acceptors (Lipinski definition) is 1. The lowest BCUT2D eigenvalue weighted by Crippen LogP contribution is -1.80. The van der Waals surface area contributed by atoms with E-state index in [4.69, 9.17) is 6.85 Å². The van der Waals surface area contributed by atoms with Crippen LogP contribution in [0.4, 0.5) is 0 Å². The van der Waals surface area contributed by atoms with Crippen molar-refractivity contribution in [3.05, 3.63) is 0 Å². The van der Waals surface area contributed by atoms with Gasteiger partial charge >= 0.3 is 0 Å². The van der Waals surface area contributed by atoms with Crippen LogP contribution in [0.25, 0.3) is 0 Å². The van der Waals surface area contributed by atoms with Crippen LogP contribution < -0.4 is 0 Å². The van der Waals surface area contributed by atoms with Crippen LogP contribution in [0.2, 0.25) is 0 Å². The monoisotopic (exact) mass is 161 g/mol. The first-order valence-corrected chi connectivity index (χ1v) is 4.26. The Morgan fingerprint density at radius 1 is 1.27 bits per heavy atom. The number of unbranched alkanes of at least 4 members (excludes halogenated alkanes) is 4. The van der Waals surface area contributed by atoms with Crippen molar-refractivity contribution < 1.29 is 11.6 Å². The molecular weight excluding hydrogens is 136 g/mol. The van der Waals surface area contributed by atoms with Crippen molar-refractivity contribution in [2.24, 2.45) is 0 Å². The molecule has 1 nitrogen and oxygen atoms in total. The summed E-state index contributed by atoms with van der Waals surface area (Å²) in [4.78, 5) is 10.7. The molecule has 0 saturated heterocycles. The topological polar surface area (TPSA) is 17.1 Å². The summed E-state index contributed by atoms with van der Waals surface area (Å²) in [5, 5.41) is 0. The molecule has 0 radical (unpaired) electrons. The quantitative estimate of drug-likeness (QED) is 0.394. The van der Waals surface area contributed by atoms with E-state index >= 15 is 0 Å². The molecule has 0 heterocycles. The van der Waals surface area contributed by atoms with Gasteiger partial charge in [-0.1, -0.05) is 45.4 Å². The first kappa shape index (κ1) is 4.64. The second kappa shape index (κ2) is 9.67. The third kappa shape index (κ3) is 9.67. The van der Waals surface area contributed by atoms with E-state index in [0.717, 1.165) is 25.7 Å². The summed E-state index contributed by atoms with van der Waals surface area (Å²) in [6.45, 7) is 2.08. The molecule has 1 heteroatoms. The minimum Gasteiger partial charge on any atom is -0.303 e. The molecule has 0 unspecified atom stereocenters. The van der Waals surface area contributed by atoms with Gasteiger partial charge in [0, 0.05) is 11.9 Å². The van der Waals surface area contributed by atoms with Gasteiger partial charge in [0.1, 0.15) is 7.63 Å². The zero-order chi connectivity index (χ0) is 12.8. The van der Waals surface area contributed by atoms with Crippen LogP contribution in [0.1, 0.15) is 65.0 Å². The van der Waals surface area contributed by atoms with Gasteiger partial charge in [-0.2, -0.15) is 0 Å². The Morgan fingerprint density at radius 2 is 1.91 bits per heavy atom. The molecule has 0 rings (SSSR count). The normalized spacial score (nSPS) is 19.2. The summed E-state index contributed by atoms with van der Waals surface area (Å²) < 4.78 is 36.2. The minimum absolute atomic E-state index is 0.00562. The predicted molar refractivity (Wildman–Crippen MR) is 48.7 cm³/mol. The van der Waals surface area contributed by atoms with Gasteiger partial charge in [-0.05, 0) is 6.37 Å². The van der Waals surface area contributed by atoms with Gasteiger partial charge in [0.2, 0.25) is 0 Å². The van der Waals surface area contributed by atoms with Gasteiger partial charge < -0.3 is 4.79 Å². The van der Waals surface area contributed by atoms with Crippen LogP contribution in [0.5, 0.6) is 0 Å². The molecule has 0 bridgehead atoms. The highest BCUT2D eigenvalue weighted by atomic mass is 16.1. The molecule has 0 spiro atoms. The first-order valence-electron chi connectivity index (χ1n) is 6.76. The average molecular weight is 161 g/mol. The third-order valence-corrected chi connectivity index (χ3v) is 1.54. The lowest BCUT2D eigenvalue weighted by Gasteiger charge is -1.97. The molecule has 0 fully saturated rings. The lowest BCUT2D eigenvalue weighted by atomic mass is 10.1. The first-order chi connectivity index (χ1) is 7.25. The molecule has 0 aliphatic heterocycles. The van der Waals surface area contributed by atoms with Gasteiger partial charge in [-0.25, -0.2) is 0 Å². The predicted octanol–water partition coefficient (Wildman–Crippen LogP) is 3.33. The fourth-order valence-electron chi connectivity index (χ4n) is 0.916. The molecule has 0 aliphatic rings. The smallest absolute Gasteiger partial charge is 0.119 e. The molecule has 0 aliphatic carbocycles. The molecule has 0 aromatic heterocycles.